The van der Waals surface area contributed by atoms with E-state index < -0.39 is 0 Å². The maximum atomic E-state index is 4.54. The van der Waals surface area contributed by atoms with Crippen LogP contribution in [0.25, 0.3) is 107 Å². The highest BCUT2D eigenvalue weighted by Gasteiger charge is 2.35. The molecule has 11 aromatic carbocycles. The second-order valence-electron chi connectivity index (χ2n) is 26.2. The Bertz CT molecular complexity index is 4820. The Kier molecular flexibility index (Phi) is 13.3. The van der Waals surface area contributed by atoms with E-state index in [0.29, 0.717) is 0 Å². The molecule has 0 spiro atoms. The monoisotopic (exact) mass is 1110 g/mol. The SMILES string of the molecule is C=C1/C=C\C=C/Cc2cc(-c3ccc(/C=C/c4ccc5c(c4)C(C)(C)c4cc(/C=C/c6ccc(-c7ccc8c(c7)c7ccccc7n8-c7ccc(C(C)(C)C)cc7)c7ccccc67)ccc4-5)c4ccccc34)ccc2N1c1ccc(C(C)(C)C)cc1. The minimum absolute atomic E-state index is 0.0759. The average Bonchev–Trinajstić information content (AvgIpc) is 1.68. The van der Waals surface area contributed by atoms with E-state index >= 15 is 0 Å². The van der Waals surface area contributed by atoms with Crippen LogP contribution in [0.5, 0.6) is 0 Å². The van der Waals surface area contributed by atoms with Crippen LogP contribution in [-0.4, -0.2) is 4.57 Å². The summed E-state index contributed by atoms with van der Waals surface area (Å²) in [7, 11) is 0. The molecule has 2 nitrogen and oxygen atoms in total. The summed E-state index contributed by atoms with van der Waals surface area (Å²) in [6.07, 6.45) is 18.6. The number of aromatic nitrogens is 1. The average molecular weight is 1110 g/mol. The third-order valence-electron chi connectivity index (χ3n) is 18.3. The van der Waals surface area contributed by atoms with Gasteiger partial charge in [0.2, 0.25) is 0 Å². The molecule has 0 saturated heterocycles. The molecule has 0 amide bonds. The third-order valence-corrected chi connectivity index (χ3v) is 18.3. The number of rotatable bonds is 8. The van der Waals surface area contributed by atoms with Crippen molar-refractivity contribution in [2.45, 2.75) is 78.1 Å². The lowest BCUT2D eigenvalue weighted by molar-refractivity contribution is 0.590. The topological polar surface area (TPSA) is 8.17 Å². The van der Waals surface area contributed by atoms with Gasteiger partial charge in [0.25, 0.3) is 0 Å². The molecule has 2 heteroatoms. The van der Waals surface area contributed by atoms with Gasteiger partial charge in [-0.05, 0) is 183 Å². The van der Waals surface area contributed by atoms with Crippen LogP contribution in [0.15, 0.2) is 255 Å². The second-order valence-corrected chi connectivity index (χ2v) is 26.2. The predicted octanol–water partition coefficient (Wildman–Crippen LogP) is 23.0. The van der Waals surface area contributed by atoms with Gasteiger partial charge in [-0.15, -0.1) is 0 Å². The van der Waals surface area contributed by atoms with E-state index in [1.807, 2.05) is 0 Å². The Labute approximate surface area is 507 Å². The number of para-hydroxylation sites is 1. The lowest BCUT2D eigenvalue weighted by atomic mass is 9.81. The molecule has 0 saturated carbocycles. The van der Waals surface area contributed by atoms with Gasteiger partial charge >= 0.3 is 0 Å². The zero-order chi connectivity index (χ0) is 59.1. The molecular weight excluding hydrogens is 1040 g/mol. The highest BCUT2D eigenvalue weighted by Crippen LogP contribution is 2.50. The quantitative estimate of drug-likeness (QED) is 0.138. The molecule has 2 aliphatic rings. The lowest BCUT2D eigenvalue weighted by Crippen LogP contribution is -2.17. The molecule has 0 atom stereocenters. The highest BCUT2D eigenvalue weighted by molar-refractivity contribution is 6.12. The van der Waals surface area contributed by atoms with Crippen molar-refractivity contribution in [1.82, 2.24) is 4.57 Å². The van der Waals surface area contributed by atoms with Crippen molar-refractivity contribution in [3.8, 4) is 39.1 Å². The van der Waals surface area contributed by atoms with Gasteiger partial charge in [-0.1, -0.05) is 268 Å². The zero-order valence-corrected chi connectivity index (χ0v) is 50.7. The zero-order valence-electron chi connectivity index (χ0n) is 50.7. The number of benzene rings is 11. The molecule has 86 heavy (non-hydrogen) atoms. The molecule has 2 heterocycles. The lowest BCUT2D eigenvalue weighted by Gasteiger charge is -2.29. The molecule has 1 aliphatic heterocycles. The Morgan fingerprint density at radius 1 is 0.419 bits per heavy atom. The second kappa shape index (κ2) is 21.1. The highest BCUT2D eigenvalue weighted by atomic mass is 15.1. The van der Waals surface area contributed by atoms with Gasteiger partial charge in [0, 0.05) is 38.9 Å². The molecule has 1 aliphatic carbocycles. The molecule has 0 fully saturated rings. The van der Waals surface area contributed by atoms with Crippen molar-refractivity contribution in [3.05, 3.63) is 305 Å². The van der Waals surface area contributed by atoms with Gasteiger partial charge in [-0.2, -0.15) is 0 Å². The van der Waals surface area contributed by atoms with E-state index in [2.05, 4.69) is 338 Å². The summed E-state index contributed by atoms with van der Waals surface area (Å²) in [5, 5.41) is 7.48. The minimum atomic E-state index is -0.176. The van der Waals surface area contributed by atoms with Crippen molar-refractivity contribution >= 4 is 79.0 Å². The van der Waals surface area contributed by atoms with Crippen LogP contribution < -0.4 is 4.90 Å². The van der Waals surface area contributed by atoms with Crippen molar-refractivity contribution in [1.29, 1.82) is 0 Å². The number of nitrogens with zero attached hydrogens (tertiary/aromatic N) is 2. The third kappa shape index (κ3) is 9.64. The summed E-state index contributed by atoms with van der Waals surface area (Å²) in [4.78, 5) is 2.30. The van der Waals surface area contributed by atoms with E-state index in [1.165, 1.54) is 132 Å². The van der Waals surface area contributed by atoms with Gasteiger partial charge in [0.15, 0.2) is 0 Å². The molecule has 0 N–H and O–H groups in total. The maximum Gasteiger partial charge on any atom is 0.0541 e. The predicted molar refractivity (Wildman–Crippen MR) is 372 cm³/mol. The Morgan fingerprint density at radius 2 is 0.907 bits per heavy atom. The summed E-state index contributed by atoms with van der Waals surface area (Å²) < 4.78 is 2.41. The van der Waals surface area contributed by atoms with Crippen molar-refractivity contribution in [2.75, 3.05) is 4.90 Å². The fraction of sp³-hybridized carbons (Fsp3) is 0.143. The molecule has 14 rings (SSSR count). The maximum absolute atomic E-state index is 4.54. The van der Waals surface area contributed by atoms with Crippen molar-refractivity contribution in [2.24, 2.45) is 0 Å². The number of hydrogen-bond donors (Lipinski definition) is 0. The van der Waals surface area contributed by atoms with Gasteiger partial charge in [-0.3, -0.25) is 0 Å². The van der Waals surface area contributed by atoms with Crippen LogP contribution in [0.3, 0.4) is 0 Å². The molecule has 0 bridgehead atoms. The fourth-order valence-corrected chi connectivity index (χ4v) is 13.5. The first-order valence-corrected chi connectivity index (χ1v) is 30.5. The summed E-state index contributed by atoms with van der Waals surface area (Å²) in [5.41, 5.74) is 25.7. The largest absolute Gasteiger partial charge is 0.311 e. The van der Waals surface area contributed by atoms with E-state index in [0.717, 1.165) is 23.5 Å². The standard InChI is InChI=1S/C84H72N2/c1-55-19-11-10-12-20-62-53-60(35-49-79(62)85(55)65-41-37-63(38-42-65)82(2,3)4)69-47-33-58(67-21-13-15-23-71(67)69)31-27-56-29-45-73-74-46-30-57(52-78(74)84(8,9)77(73)51-56)28-32-59-34-48-70(72-24-16-14-22-68(59)72)61-36-50-81-76(54-61)75-25-17-18-26-80(75)86(81)66-43-39-64(40-44-66)83(5,6)7/h10-19,21-54H,1,20H2,2-9H3/b12-10-,19-11-,31-27+,32-28+. The van der Waals surface area contributed by atoms with Crippen LogP contribution in [-0.2, 0) is 22.7 Å². The Morgan fingerprint density at radius 3 is 1.48 bits per heavy atom. The molecule has 0 unspecified atom stereocenters. The molecular formula is C84H72N2. The summed E-state index contributed by atoms with van der Waals surface area (Å²) >= 11 is 0. The van der Waals surface area contributed by atoms with Crippen LogP contribution in [0.1, 0.15) is 105 Å². The first-order valence-electron chi connectivity index (χ1n) is 30.5. The van der Waals surface area contributed by atoms with E-state index in [9.17, 15) is 0 Å². The fourth-order valence-electron chi connectivity index (χ4n) is 13.5. The minimum Gasteiger partial charge on any atom is -0.311 e. The smallest absolute Gasteiger partial charge is 0.0541 e. The molecule has 0 radical (unpaired) electrons. The Hall–Kier alpha value is -9.76. The summed E-state index contributed by atoms with van der Waals surface area (Å²) in [6, 6.07) is 81.8. The van der Waals surface area contributed by atoms with Crippen LogP contribution in [0.4, 0.5) is 11.4 Å². The normalized spacial score (nSPS) is 14.9. The summed E-state index contributed by atoms with van der Waals surface area (Å²) in [5.74, 6) is 0. The van der Waals surface area contributed by atoms with Gasteiger partial charge in [0.1, 0.15) is 0 Å². The van der Waals surface area contributed by atoms with Crippen molar-refractivity contribution < 1.29 is 0 Å². The van der Waals surface area contributed by atoms with Gasteiger partial charge < -0.3 is 9.47 Å². The number of hydrogen-bond acceptors (Lipinski definition) is 1. The first kappa shape index (κ1) is 54.2. The molecule has 1 aromatic heterocycles. The summed E-state index contributed by atoms with van der Waals surface area (Å²) in [6.45, 7) is 22.9. The van der Waals surface area contributed by atoms with E-state index in [-0.39, 0.29) is 16.2 Å². The van der Waals surface area contributed by atoms with E-state index in [1.54, 1.807) is 0 Å². The van der Waals surface area contributed by atoms with Crippen LogP contribution in [0.2, 0.25) is 0 Å². The van der Waals surface area contributed by atoms with Gasteiger partial charge in [0.05, 0.1) is 11.0 Å². The van der Waals surface area contributed by atoms with Gasteiger partial charge in [-0.25, -0.2) is 0 Å². The molecule has 418 valence electrons. The molecule has 12 aromatic rings. The number of allylic oxidation sites excluding steroid dienone is 4. The number of fused-ring (bicyclic) bond motifs is 9. The van der Waals surface area contributed by atoms with Crippen LogP contribution in [0, 0.1) is 0 Å². The van der Waals surface area contributed by atoms with Crippen LogP contribution >= 0.6 is 0 Å². The van der Waals surface area contributed by atoms with Crippen molar-refractivity contribution in [3.63, 3.8) is 0 Å². The first-order chi connectivity index (χ1) is 41.6. The Balaban J connectivity index is 0.721. The van der Waals surface area contributed by atoms with E-state index in [4.69, 9.17) is 0 Å². The number of anilines is 2.